The van der Waals surface area contributed by atoms with E-state index in [4.69, 9.17) is 4.42 Å². The molecule has 5 aromatic rings. The third-order valence-electron chi connectivity index (χ3n) is 4.19. The standard InChI is InChI=1S/C20H12N2O/c1-2-6-14-13(5-1)9-11-21-18(14)19-20-16(10-12-22-19)15-7-3-4-8-17(15)23-20/h1-12H. The summed E-state index contributed by atoms with van der Waals surface area (Å²) in [4.78, 5) is 9.14. The summed E-state index contributed by atoms with van der Waals surface area (Å²) < 4.78 is 6.08. The number of benzene rings is 2. The summed E-state index contributed by atoms with van der Waals surface area (Å²) in [5.41, 5.74) is 3.30. The Bertz CT molecular complexity index is 1170. The van der Waals surface area contributed by atoms with Crippen LogP contribution in [0.3, 0.4) is 0 Å². The van der Waals surface area contributed by atoms with Gasteiger partial charge in [0.1, 0.15) is 17.0 Å². The molecular formula is C20H12N2O. The second-order valence-corrected chi connectivity index (χ2v) is 5.52. The predicted octanol–water partition coefficient (Wildman–Crippen LogP) is 5.20. The Hall–Kier alpha value is -3.20. The van der Waals surface area contributed by atoms with Crippen molar-refractivity contribution in [2.45, 2.75) is 0 Å². The number of hydrogen-bond donors (Lipinski definition) is 0. The minimum atomic E-state index is 0.788. The Kier molecular flexibility index (Phi) is 2.50. The number of hydrogen-bond acceptors (Lipinski definition) is 3. The molecule has 0 amide bonds. The summed E-state index contributed by atoms with van der Waals surface area (Å²) in [6.45, 7) is 0. The molecule has 5 rings (SSSR count). The Morgan fingerprint density at radius 3 is 2.30 bits per heavy atom. The zero-order valence-electron chi connectivity index (χ0n) is 12.2. The van der Waals surface area contributed by atoms with Crippen molar-refractivity contribution in [3.63, 3.8) is 0 Å². The molecule has 0 saturated heterocycles. The predicted molar refractivity (Wildman–Crippen MR) is 92.3 cm³/mol. The SMILES string of the molecule is c1ccc2c(-c3nccc4c3oc3ccccc34)nccc2c1. The van der Waals surface area contributed by atoms with Crippen LogP contribution in [-0.2, 0) is 0 Å². The van der Waals surface area contributed by atoms with Gasteiger partial charge in [-0.25, -0.2) is 0 Å². The molecule has 0 spiro atoms. The van der Waals surface area contributed by atoms with Gasteiger partial charge in [-0.15, -0.1) is 0 Å². The molecule has 0 atom stereocenters. The molecule has 23 heavy (non-hydrogen) atoms. The molecule has 0 bridgehead atoms. The highest BCUT2D eigenvalue weighted by Gasteiger charge is 2.15. The topological polar surface area (TPSA) is 38.9 Å². The smallest absolute Gasteiger partial charge is 0.163 e. The van der Waals surface area contributed by atoms with Gasteiger partial charge in [0.2, 0.25) is 0 Å². The molecule has 3 aromatic heterocycles. The fraction of sp³-hybridized carbons (Fsp3) is 0. The van der Waals surface area contributed by atoms with Crippen molar-refractivity contribution in [3.8, 4) is 11.4 Å². The Morgan fingerprint density at radius 2 is 1.35 bits per heavy atom. The van der Waals surface area contributed by atoms with Gasteiger partial charge in [0, 0.05) is 28.6 Å². The summed E-state index contributed by atoms with van der Waals surface area (Å²) in [5.74, 6) is 0. The van der Waals surface area contributed by atoms with E-state index in [0.717, 1.165) is 44.1 Å². The fourth-order valence-corrected chi connectivity index (χ4v) is 3.13. The molecule has 0 aliphatic heterocycles. The van der Waals surface area contributed by atoms with Crippen LogP contribution in [-0.4, -0.2) is 9.97 Å². The Balaban J connectivity index is 1.93. The highest BCUT2D eigenvalue weighted by molar-refractivity contribution is 6.10. The van der Waals surface area contributed by atoms with Crippen LogP contribution in [0.1, 0.15) is 0 Å². The second-order valence-electron chi connectivity index (χ2n) is 5.52. The molecule has 0 aliphatic carbocycles. The third-order valence-corrected chi connectivity index (χ3v) is 4.19. The van der Waals surface area contributed by atoms with E-state index in [9.17, 15) is 0 Å². The van der Waals surface area contributed by atoms with Crippen molar-refractivity contribution in [1.82, 2.24) is 9.97 Å². The van der Waals surface area contributed by atoms with E-state index in [1.165, 1.54) is 0 Å². The van der Waals surface area contributed by atoms with Gasteiger partial charge in [-0.2, -0.15) is 0 Å². The number of pyridine rings is 2. The number of aromatic nitrogens is 2. The molecule has 3 heterocycles. The fourth-order valence-electron chi connectivity index (χ4n) is 3.13. The molecule has 0 radical (unpaired) electrons. The van der Waals surface area contributed by atoms with Gasteiger partial charge in [0.05, 0.1) is 0 Å². The molecule has 0 saturated carbocycles. The highest BCUT2D eigenvalue weighted by Crippen LogP contribution is 2.35. The third kappa shape index (κ3) is 1.77. The number of nitrogens with zero attached hydrogens (tertiary/aromatic N) is 2. The van der Waals surface area contributed by atoms with Gasteiger partial charge >= 0.3 is 0 Å². The van der Waals surface area contributed by atoms with Crippen molar-refractivity contribution >= 4 is 32.7 Å². The highest BCUT2D eigenvalue weighted by atomic mass is 16.3. The van der Waals surface area contributed by atoms with E-state index in [2.05, 4.69) is 28.2 Å². The van der Waals surface area contributed by atoms with E-state index in [1.807, 2.05) is 54.9 Å². The summed E-state index contributed by atoms with van der Waals surface area (Å²) in [6.07, 6.45) is 3.64. The monoisotopic (exact) mass is 296 g/mol. The minimum absolute atomic E-state index is 0.788. The Labute approximate surface area is 132 Å². The Morgan fingerprint density at radius 1 is 0.609 bits per heavy atom. The average molecular weight is 296 g/mol. The van der Waals surface area contributed by atoms with E-state index in [-0.39, 0.29) is 0 Å². The van der Waals surface area contributed by atoms with Crippen LogP contribution in [0.15, 0.2) is 77.5 Å². The molecule has 0 fully saturated rings. The maximum atomic E-state index is 6.08. The lowest BCUT2D eigenvalue weighted by atomic mass is 10.1. The summed E-state index contributed by atoms with van der Waals surface area (Å²) in [6, 6.07) is 20.3. The summed E-state index contributed by atoms with van der Waals surface area (Å²) in [7, 11) is 0. The molecule has 0 N–H and O–H groups in total. The van der Waals surface area contributed by atoms with Crippen molar-refractivity contribution in [3.05, 3.63) is 73.1 Å². The second kappa shape index (κ2) is 4.65. The molecule has 108 valence electrons. The first-order chi connectivity index (χ1) is 11.4. The van der Waals surface area contributed by atoms with Crippen LogP contribution >= 0.6 is 0 Å². The maximum Gasteiger partial charge on any atom is 0.163 e. The van der Waals surface area contributed by atoms with Gasteiger partial charge in [-0.05, 0) is 23.6 Å². The number of para-hydroxylation sites is 1. The van der Waals surface area contributed by atoms with Gasteiger partial charge in [-0.1, -0.05) is 42.5 Å². The van der Waals surface area contributed by atoms with Crippen molar-refractivity contribution < 1.29 is 4.42 Å². The zero-order chi connectivity index (χ0) is 15.2. The van der Waals surface area contributed by atoms with Crippen LogP contribution in [0.4, 0.5) is 0 Å². The molecule has 0 aliphatic rings. The first-order valence-corrected chi connectivity index (χ1v) is 7.52. The zero-order valence-corrected chi connectivity index (χ0v) is 12.2. The minimum Gasteiger partial charge on any atom is -0.454 e. The molecule has 3 heteroatoms. The average Bonchev–Trinajstić information content (AvgIpc) is 3.00. The van der Waals surface area contributed by atoms with Crippen LogP contribution in [0.2, 0.25) is 0 Å². The van der Waals surface area contributed by atoms with E-state index in [1.54, 1.807) is 0 Å². The first-order valence-electron chi connectivity index (χ1n) is 7.52. The van der Waals surface area contributed by atoms with E-state index < -0.39 is 0 Å². The van der Waals surface area contributed by atoms with Gasteiger partial charge in [-0.3, -0.25) is 9.97 Å². The van der Waals surface area contributed by atoms with Crippen LogP contribution < -0.4 is 0 Å². The quantitative estimate of drug-likeness (QED) is 0.427. The lowest BCUT2D eigenvalue weighted by Crippen LogP contribution is -1.89. The van der Waals surface area contributed by atoms with E-state index in [0.29, 0.717) is 0 Å². The van der Waals surface area contributed by atoms with Crippen molar-refractivity contribution in [1.29, 1.82) is 0 Å². The number of fused-ring (bicyclic) bond motifs is 4. The summed E-state index contributed by atoms with van der Waals surface area (Å²) in [5, 5.41) is 4.40. The van der Waals surface area contributed by atoms with Gasteiger partial charge in [0.15, 0.2) is 5.58 Å². The lowest BCUT2D eigenvalue weighted by molar-refractivity contribution is 0.668. The first kappa shape index (κ1) is 12.4. The van der Waals surface area contributed by atoms with Crippen LogP contribution in [0, 0.1) is 0 Å². The molecule has 3 nitrogen and oxygen atoms in total. The van der Waals surface area contributed by atoms with Crippen LogP contribution in [0.25, 0.3) is 44.1 Å². The van der Waals surface area contributed by atoms with Crippen LogP contribution in [0.5, 0.6) is 0 Å². The van der Waals surface area contributed by atoms with E-state index >= 15 is 0 Å². The number of furan rings is 1. The van der Waals surface area contributed by atoms with Gasteiger partial charge < -0.3 is 4.42 Å². The van der Waals surface area contributed by atoms with Crippen molar-refractivity contribution in [2.24, 2.45) is 0 Å². The normalized spacial score (nSPS) is 11.5. The summed E-state index contributed by atoms with van der Waals surface area (Å²) >= 11 is 0. The molecule has 2 aromatic carbocycles. The maximum absolute atomic E-state index is 6.08. The van der Waals surface area contributed by atoms with Crippen molar-refractivity contribution in [2.75, 3.05) is 0 Å². The number of rotatable bonds is 1. The molecule has 0 unspecified atom stereocenters. The molecular weight excluding hydrogens is 284 g/mol. The van der Waals surface area contributed by atoms with Gasteiger partial charge in [0.25, 0.3) is 0 Å². The lowest BCUT2D eigenvalue weighted by Gasteiger charge is -2.05. The largest absolute Gasteiger partial charge is 0.454 e.